The van der Waals surface area contributed by atoms with Gasteiger partial charge in [-0.05, 0) is 56.6 Å². The Hall–Kier alpha value is -3.85. The number of amides is 1. The van der Waals surface area contributed by atoms with Gasteiger partial charge < -0.3 is 24.8 Å². The summed E-state index contributed by atoms with van der Waals surface area (Å²) in [7, 11) is 1.49. The Labute approximate surface area is 205 Å². The standard InChI is InChI=1S/C26H31N5O4/c1-34-23-12-4-3-11-22(23)31(26(32)33)24-13-14-27-25(29-24)28-20-9-7-10-21(19-20)35-18-8-17-30-15-5-2-6-16-30/h3-4,7,9-14,19H,2,5-6,8,15-18H2,1H3,(H,32,33)(H,27,28,29). The lowest BCUT2D eigenvalue weighted by atomic mass is 10.1. The first kappa shape index (κ1) is 24.3. The Balaban J connectivity index is 1.41. The number of anilines is 4. The number of para-hydroxylation sites is 2. The van der Waals surface area contributed by atoms with Crippen molar-refractivity contribution in [1.82, 2.24) is 14.9 Å². The van der Waals surface area contributed by atoms with E-state index in [4.69, 9.17) is 9.47 Å². The Bertz CT molecular complexity index is 1120. The molecule has 184 valence electrons. The molecule has 0 radical (unpaired) electrons. The van der Waals surface area contributed by atoms with Gasteiger partial charge in [-0.2, -0.15) is 4.98 Å². The average molecular weight is 478 g/mol. The van der Waals surface area contributed by atoms with Crippen LogP contribution in [-0.4, -0.2) is 59.4 Å². The fraction of sp³-hybridized carbons (Fsp3) is 0.346. The summed E-state index contributed by atoms with van der Waals surface area (Å²) in [4.78, 5) is 24.3. The molecule has 1 aromatic heterocycles. The lowest BCUT2D eigenvalue weighted by Gasteiger charge is -2.26. The van der Waals surface area contributed by atoms with Gasteiger partial charge in [0.05, 0.1) is 19.4 Å². The van der Waals surface area contributed by atoms with Gasteiger partial charge in [-0.15, -0.1) is 0 Å². The molecule has 2 aromatic carbocycles. The number of aromatic nitrogens is 2. The van der Waals surface area contributed by atoms with Crippen LogP contribution >= 0.6 is 0 Å². The molecule has 0 unspecified atom stereocenters. The molecule has 3 aromatic rings. The molecule has 4 rings (SSSR count). The predicted octanol–water partition coefficient (Wildman–Crippen LogP) is 5.30. The number of hydrogen-bond acceptors (Lipinski definition) is 7. The number of methoxy groups -OCH3 is 1. The van der Waals surface area contributed by atoms with E-state index in [1.807, 2.05) is 24.3 Å². The highest BCUT2D eigenvalue weighted by Gasteiger charge is 2.22. The summed E-state index contributed by atoms with van der Waals surface area (Å²) >= 11 is 0. The average Bonchev–Trinajstić information content (AvgIpc) is 2.88. The van der Waals surface area contributed by atoms with Gasteiger partial charge in [-0.25, -0.2) is 14.7 Å². The molecule has 0 aliphatic carbocycles. The summed E-state index contributed by atoms with van der Waals surface area (Å²) in [6.45, 7) is 4.09. The molecule has 1 saturated heterocycles. The highest BCUT2D eigenvalue weighted by atomic mass is 16.5. The molecule has 0 atom stereocenters. The second-order valence-corrected chi connectivity index (χ2v) is 8.29. The second-order valence-electron chi connectivity index (χ2n) is 8.29. The van der Waals surface area contributed by atoms with Gasteiger partial charge in [0.1, 0.15) is 17.3 Å². The van der Waals surface area contributed by atoms with E-state index in [-0.39, 0.29) is 11.8 Å². The van der Waals surface area contributed by atoms with E-state index in [0.29, 0.717) is 18.0 Å². The lowest BCUT2D eigenvalue weighted by molar-refractivity contribution is 0.204. The third-order valence-electron chi connectivity index (χ3n) is 5.81. The summed E-state index contributed by atoms with van der Waals surface area (Å²) in [5.41, 5.74) is 1.11. The number of benzene rings is 2. The largest absolute Gasteiger partial charge is 0.495 e. The number of ether oxygens (including phenoxy) is 2. The van der Waals surface area contributed by atoms with Crippen molar-refractivity contribution in [3.8, 4) is 11.5 Å². The number of carboxylic acid groups (broad SMARTS) is 1. The van der Waals surface area contributed by atoms with Gasteiger partial charge in [-0.1, -0.05) is 24.6 Å². The van der Waals surface area contributed by atoms with Crippen molar-refractivity contribution in [1.29, 1.82) is 0 Å². The van der Waals surface area contributed by atoms with Crippen molar-refractivity contribution >= 4 is 29.2 Å². The number of nitrogens with zero attached hydrogens (tertiary/aromatic N) is 4. The van der Waals surface area contributed by atoms with Crippen LogP contribution in [0.15, 0.2) is 60.8 Å². The third-order valence-corrected chi connectivity index (χ3v) is 5.81. The van der Waals surface area contributed by atoms with Crippen LogP contribution in [0.1, 0.15) is 25.7 Å². The Morgan fingerprint density at radius 3 is 2.74 bits per heavy atom. The number of nitrogens with one attached hydrogen (secondary N) is 1. The van der Waals surface area contributed by atoms with Crippen molar-refractivity contribution in [3.63, 3.8) is 0 Å². The molecule has 2 N–H and O–H groups in total. The van der Waals surface area contributed by atoms with E-state index in [2.05, 4.69) is 20.2 Å². The molecule has 0 spiro atoms. The molecule has 35 heavy (non-hydrogen) atoms. The first-order valence-electron chi connectivity index (χ1n) is 11.9. The Kier molecular flexibility index (Phi) is 8.34. The van der Waals surface area contributed by atoms with Crippen molar-refractivity contribution in [2.45, 2.75) is 25.7 Å². The summed E-state index contributed by atoms with van der Waals surface area (Å²) < 4.78 is 11.3. The number of rotatable bonds is 10. The zero-order chi connectivity index (χ0) is 24.5. The van der Waals surface area contributed by atoms with Crippen LogP contribution in [0.25, 0.3) is 0 Å². The van der Waals surface area contributed by atoms with Gasteiger partial charge in [0.25, 0.3) is 0 Å². The molecule has 2 heterocycles. The van der Waals surface area contributed by atoms with Gasteiger partial charge in [-0.3, -0.25) is 0 Å². The molecular formula is C26H31N5O4. The molecule has 1 fully saturated rings. The SMILES string of the molecule is COc1ccccc1N(C(=O)O)c1ccnc(Nc2cccc(OCCCN3CCCCC3)c2)n1. The monoisotopic (exact) mass is 477 g/mol. The second kappa shape index (κ2) is 12.0. The topological polar surface area (TPSA) is 100 Å². The van der Waals surface area contributed by atoms with Crippen LogP contribution in [0.4, 0.5) is 27.9 Å². The van der Waals surface area contributed by atoms with Gasteiger partial charge >= 0.3 is 6.09 Å². The summed E-state index contributed by atoms with van der Waals surface area (Å²) in [6.07, 6.45) is 5.24. The van der Waals surface area contributed by atoms with E-state index in [1.165, 1.54) is 51.7 Å². The molecule has 0 bridgehead atoms. The van der Waals surface area contributed by atoms with Crippen molar-refractivity contribution in [3.05, 3.63) is 60.8 Å². The molecule has 9 heteroatoms. The Morgan fingerprint density at radius 1 is 1.11 bits per heavy atom. The van der Waals surface area contributed by atoms with E-state index < -0.39 is 6.09 Å². The fourth-order valence-corrected chi connectivity index (χ4v) is 4.13. The van der Waals surface area contributed by atoms with Crippen LogP contribution in [0, 0.1) is 0 Å². The molecule has 1 amide bonds. The first-order valence-corrected chi connectivity index (χ1v) is 11.9. The van der Waals surface area contributed by atoms with Crippen molar-refractivity contribution in [2.24, 2.45) is 0 Å². The molecule has 1 aliphatic rings. The van der Waals surface area contributed by atoms with Crippen LogP contribution in [-0.2, 0) is 0 Å². The quantitative estimate of drug-likeness (QED) is 0.380. The minimum absolute atomic E-state index is 0.199. The third kappa shape index (κ3) is 6.60. The number of likely N-dealkylation sites (tertiary alicyclic amines) is 1. The Morgan fingerprint density at radius 2 is 1.94 bits per heavy atom. The van der Waals surface area contributed by atoms with Crippen molar-refractivity contribution < 1.29 is 19.4 Å². The maximum atomic E-state index is 12.1. The van der Waals surface area contributed by atoms with Crippen LogP contribution in [0.3, 0.4) is 0 Å². The zero-order valence-electron chi connectivity index (χ0n) is 19.9. The molecular weight excluding hydrogens is 446 g/mol. The highest BCUT2D eigenvalue weighted by Crippen LogP contribution is 2.33. The number of carbonyl (C=O) groups is 1. The number of hydrogen-bond donors (Lipinski definition) is 2. The molecule has 1 aliphatic heterocycles. The van der Waals surface area contributed by atoms with E-state index in [1.54, 1.807) is 24.3 Å². The lowest BCUT2D eigenvalue weighted by Crippen LogP contribution is -2.31. The maximum Gasteiger partial charge on any atom is 0.417 e. The van der Waals surface area contributed by atoms with Gasteiger partial charge in [0.15, 0.2) is 0 Å². The van der Waals surface area contributed by atoms with E-state index in [9.17, 15) is 9.90 Å². The molecule has 9 nitrogen and oxygen atoms in total. The first-order chi connectivity index (χ1) is 17.1. The summed E-state index contributed by atoms with van der Waals surface area (Å²) in [5.74, 6) is 1.65. The van der Waals surface area contributed by atoms with Crippen molar-refractivity contribution in [2.75, 3.05) is 43.6 Å². The minimum atomic E-state index is -1.18. The van der Waals surface area contributed by atoms with E-state index >= 15 is 0 Å². The summed E-state index contributed by atoms with van der Waals surface area (Å²) in [5, 5.41) is 13.0. The zero-order valence-corrected chi connectivity index (χ0v) is 19.9. The van der Waals surface area contributed by atoms with Gasteiger partial charge in [0, 0.05) is 30.6 Å². The maximum absolute atomic E-state index is 12.1. The predicted molar refractivity (Wildman–Crippen MR) is 135 cm³/mol. The summed E-state index contributed by atoms with van der Waals surface area (Å²) in [6, 6.07) is 16.0. The van der Waals surface area contributed by atoms with E-state index in [0.717, 1.165) is 29.3 Å². The smallest absolute Gasteiger partial charge is 0.417 e. The van der Waals surface area contributed by atoms with Crippen LogP contribution in [0.5, 0.6) is 11.5 Å². The van der Waals surface area contributed by atoms with Crippen LogP contribution in [0.2, 0.25) is 0 Å². The number of piperidine rings is 1. The molecule has 0 saturated carbocycles. The van der Waals surface area contributed by atoms with Gasteiger partial charge in [0.2, 0.25) is 5.95 Å². The van der Waals surface area contributed by atoms with Crippen LogP contribution < -0.4 is 19.7 Å². The normalized spacial score (nSPS) is 13.7. The highest BCUT2D eigenvalue weighted by molar-refractivity contribution is 5.95. The minimum Gasteiger partial charge on any atom is -0.495 e. The fourth-order valence-electron chi connectivity index (χ4n) is 4.13.